The number of rotatable bonds is 5. The third kappa shape index (κ3) is 4.22. The summed E-state index contributed by atoms with van der Waals surface area (Å²) in [5, 5.41) is 0.761. The fourth-order valence-electron chi connectivity index (χ4n) is 3.12. The lowest BCUT2D eigenvalue weighted by Gasteiger charge is -2.24. The summed E-state index contributed by atoms with van der Waals surface area (Å²) < 4.78 is 1.64. The first-order valence-corrected chi connectivity index (χ1v) is 10.6. The van der Waals surface area contributed by atoms with Crippen molar-refractivity contribution < 1.29 is 4.79 Å². The minimum atomic E-state index is -0.337. The average Bonchev–Trinajstić information content (AvgIpc) is 2.68. The Bertz CT molecular complexity index is 1120. The maximum atomic E-state index is 13.4. The zero-order valence-electron chi connectivity index (χ0n) is 17.8. The van der Waals surface area contributed by atoms with E-state index in [1.807, 2.05) is 64.1 Å². The van der Waals surface area contributed by atoms with E-state index in [0.717, 1.165) is 16.8 Å². The second kappa shape index (κ2) is 8.41. The molecule has 0 saturated carbocycles. The number of aryl methyl sites for hydroxylation is 2. The number of benzene rings is 2. The summed E-state index contributed by atoms with van der Waals surface area (Å²) in [6.45, 7) is 8.09. The monoisotopic (exact) mass is 409 g/mol. The maximum Gasteiger partial charge on any atom is 0.266 e. The van der Waals surface area contributed by atoms with E-state index in [1.54, 1.807) is 29.6 Å². The van der Waals surface area contributed by atoms with E-state index < -0.39 is 0 Å². The third-order valence-corrected chi connectivity index (χ3v) is 6.50. The number of fused-ring (bicyclic) bond motifs is 1. The highest BCUT2D eigenvalue weighted by atomic mass is 32.2. The quantitative estimate of drug-likeness (QED) is 0.468. The lowest BCUT2D eigenvalue weighted by atomic mass is 10.1. The minimum absolute atomic E-state index is 0.0130. The first-order chi connectivity index (χ1) is 13.7. The summed E-state index contributed by atoms with van der Waals surface area (Å²) in [4.78, 5) is 32.6. The molecule has 152 valence electrons. The average molecular weight is 410 g/mol. The van der Waals surface area contributed by atoms with Crippen LogP contribution in [0.2, 0.25) is 0 Å². The number of carbonyl (C=O) groups is 1. The first kappa shape index (κ1) is 21.1. The lowest BCUT2D eigenvalue weighted by molar-refractivity contribution is -0.128. The number of hydrogen-bond acceptors (Lipinski definition) is 4. The van der Waals surface area contributed by atoms with Crippen LogP contribution < -0.4 is 5.56 Å². The maximum absolute atomic E-state index is 13.4. The Morgan fingerprint density at radius 1 is 1.07 bits per heavy atom. The zero-order valence-corrected chi connectivity index (χ0v) is 18.6. The molecule has 1 aromatic heterocycles. The Morgan fingerprint density at radius 2 is 1.76 bits per heavy atom. The molecule has 0 fully saturated rings. The number of carbonyl (C=O) groups excluding carboxylic acids is 1. The molecule has 0 aliphatic carbocycles. The van der Waals surface area contributed by atoms with Gasteiger partial charge in [-0.1, -0.05) is 43.8 Å². The number of thioether (sulfide) groups is 1. The summed E-state index contributed by atoms with van der Waals surface area (Å²) in [6, 6.07) is 13.3. The van der Waals surface area contributed by atoms with Crippen molar-refractivity contribution in [1.29, 1.82) is 0 Å². The van der Waals surface area contributed by atoms with Crippen LogP contribution in [0.15, 0.2) is 52.4 Å². The SMILES string of the molecule is Cc1ccc(-n2c(SC(C(=O)N(C)C)C(C)C)nc3ccccc3c2=O)cc1C. The summed E-state index contributed by atoms with van der Waals surface area (Å²) in [5.74, 6) is 0.102. The van der Waals surface area contributed by atoms with Gasteiger partial charge in [0.25, 0.3) is 5.56 Å². The highest BCUT2D eigenvalue weighted by molar-refractivity contribution is 8.00. The van der Waals surface area contributed by atoms with Crippen LogP contribution in [-0.4, -0.2) is 39.7 Å². The predicted octanol–water partition coefficient (Wildman–Crippen LogP) is 4.21. The molecule has 5 nitrogen and oxygen atoms in total. The minimum Gasteiger partial charge on any atom is -0.348 e. The molecule has 0 bridgehead atoms. The fourth-order valence-corrected chi connectivity index (χ4v) is 4.38. The van der Waals surface area contributed by atoms with Crippen molar-refractivity contribution in [2.45, 2.75) is 38.1 Å². The number of para-hydroxylation sites is 1. The first-order valence-electron chi connectivity index (χ1n) is 9.68. The Labute approximate surface area is 175 Å². The summed E-state index contributed by atoms with van der Waals surface area (Å²) in [6.07, 6.45) is 0. The van der Waals surface area contributed by atoms with E-state index in [1.165, 1.54) is 11.8 Å². The number of amides is 1. The number of nitrogens with zero attached hydrogens (tertiary/aromatic N) is 3. The van der Waals surface area contributed by atoms with Crippen LogP contribution in [0, 0.1) is 19.8 Å². The predicted molar refractivity (Wildman–Crippen MR) is 120 cm³/mol. The molecule has 0 spiro atoms. The van der Waals surface area contributed by atoms with Gasteiger partial charge >= 0.3 is 0 Å². The van der Waals surface area contributed by atoms with E-state index >= 15 is 0 Å². The van der Waals surface area contributed by atoms with Crippen molar-refractivity contribution in [3.05, 3.63) is 63.9 Å². The molecule has 1 unspecified atom stereocenters. The van der Waals surface area contributed by atoms with Gasteiger partial charge in [0.1, 0.15) is 0 Å². The zero-order chi connectivity index (χ0) is 21.3. The molecule has 0 N–H and O–H groups in total. The van der Waals surface area contributed by atoms with Gasteiger partial charge in [-0.15, -0.1) is 0 Å². The second-order valence-corrected chi connectivity index (χ2v) is 8.94. The molecule has 1 amide bonds. The third-order valence-electron chi connectivity index (χ3n) is 5.02. The van der Waals surface area contributed by atoms with Gasteiger partial charge in [-0.3, -0.25) is 14.2 Å². The summed E-state index contributed by atoms with van der Waals surface area (Å²) in [5.41, 5.74) is 3.54. The molecule has 0 saturated heterocycles. The van der Waals surface area contributed by atoms with Crippen molar-refractivity contribution in [2.24, 2.45) is 5.92 Å². The molecule has 1 atom stereocenters. The van der Waals surface area contributed by atoms with Crippen molar-refractivity contribution in [1.82, 2.24) is 14.5 Å². The van der Waals surface area contributed by atoms with Crippen LogP contribution in [0.5, 0.6) is 0 Å². The molecule has 3 aromatic rings. The molecule has 6 heteroatoms. The topological polar surface area (TPSA) is 55.2 Å². The summed E-state index contributed by atoms with van der Waals surface area (Å²) in [7, 11) is 3.50. The van der Waals surface area contributed by atoms with Crippen molar-refractivity contribution in [2.75, 3.05) is 14.1 Å². The van der Waals surface area contributed by atoms with Gasteiger partial charge in [0.05, 0.1) is 21.8 Å². The van der Waals surface area contributed by atoms with E-state index in [-0.39, 0.29) is 22.6 Å². The normalized spacial score (nSPS) is 12.4. The number of aromatic nitrogens is 2. The van der Waals surface area contributed by atoms with Crippen LogP contribution in [0.4, 0.5) is 0 Å². The largest absolute Gasteiger partial charge is 0.348 e. The number of hydrogen-bond donors (Lipinski definition) is 0. The molecular weight excluding hydrogens is 382 g/mol. The highest BCUT2D eigenvalue weighted by Crippen LogP contribution is 2.30. The van der Waals surface area contributed by atoms with Crippen molar-refractivity contribution >= 4 is 28.6 Å². The molecule has 1 heterocycles. The smallest absolute Gasteiger partial charge is 0.266 e. The van der Waals surface area contributed by atoms with Crippen LogP contribution in [-0.2, 0) is 4.79 Å². The Hall–Kier alpha value is -2.60. The van der Waals surface area contributed by atoms with E-state index in [4.69, 9.17) is 4.98 Å². The van der Waals surface area contributed by atoms with E-state index in [2.05, 4.69) is 0 Å². The lowest BCUT2D eigenvalue weighted by Crippen LogP contribution is -2.35. The Morgan fingerprint density at radius 3 is 2.38 bits per heavy atom. The van der Waals surface area contributed by atoms with Crippen molar-refractivity contribution in [3.63, 3.8) is 0 Å². The van der Waals surface area contributed by atoms with Crippen molar-refractivity contribution in [3.8, 4) is 5.69 Å². The second-order valence-electron chi connectivity index (χ2n) is 7.84. The van der Waals surface area contributed by atoms with Gasteiger partial charge in [-0.2, -0.15) is 0 Å². The highest BCUT2D eigenvalue weighted by Gasteiger charge is 2.28. The van der Waals surface area contributed by atoms with Gasteiger partial charge in [-0.25, -0.2) is 4.98 Å². The Balaban J connectivity index is 2.25. The Kier molecular flexibility index (Phi) is 6.13. The van der Waals surface area contributed by atoms with E-state index in [9.17, 15) is 9.59 Å². The molecule has 0 aliphatic rings. The molecule has 29 heavy (non-hydrogen) atoms. The van der Waals surface area contributed by atoms with Crippen LogP contribution >= 0.6 is 11.8 Å². The summed E-state index contributed by atoms with van der Waals surface area (Å²) >= 11 is 1.35. The van der Waals surface area contributed by atoms with Gasteiger partial charge in [0.15, 0.2) is 5.16 Å². The fraction of sp³-hybridized carbons (Fsp3) is 0.348. The van der Waals surface area contributed by atoms with Gasteiger partial charge < -0.3 is 4.90 Å². The van der Waals surface area contributed by atoms with Gasteiger partial charge in [0.2, 0.25) is 5.91 Å². The standard InChI is InChI=1S/C23H27N3O2S/c1-14(2)20(22(28)25(5)6)29-23-24-19-10-8-7-9-18(19)21(27)26(23)17-12-11-15(3)16(4)13-17/h7-14,20H,1-6H3. The molecule has 3 rings (SSSR count). The molecule has 2 aromatic carbocycles. The molecule has 0 radical (unpaired) electrons. The van der Waals surface area contributed by atoms with Crippen LogP contribution in [0.1, 0.15) is 25.0 Å². The van der Waals surface area contributed by atoms with Gasteiger partial charge in [-0.05, 0) is 55.2 Å². The molecule has 0 aliphatic heterocycles. The van der Waals surface area contributed by atoms with E-state index in [0.29, 0.717) is 16.1 Å². The van der Waals surface area contributed by atoms with Gasteiger partial charge in [0, 0.05) is 14.1 Å². The van der Waals surface area contributed by atoms with Crippen LogP contribution in [0.25, 0.3) is 16.6 Å². The van der Waals surface area contributed by atoms with Crippen LogP contribution in [0.3, 0.4) is 0 Å². The molecular formula is C23H27N3O2S.